The molecule has 0 aliphatic carbocycles. The van der Waals surface area contributed by atoms with Gasteiger partial charge in [0, 0.05) is 35.8 Å². The maximum Gasteiger partial charge on any atom is 0.159 e. The third-order valence-corrected chi connectivity index (χ3v) is 6.99. The summed E-state index contributed by atoms with van der Waals surface area (Å²) in [6.07, 6.45) is 10.4. The maximum atomic E-state index is 14.6. The van der Waals surface area contributed by atoms with E-state index in [1.54, 1.807) is 12.3 Å². The number of nitrogens with one attached hydrogen (secondary N) is 2. The molecule has 206 valence electrons. The number of hydrogen-bond donors (Lipinski definition) is 2. The third kappa shape index (κ3) is 5.65. The number of nitrogens with zero attached hydrogens (tertiary/aromatic N) is 6. The number of aromatic amines is 2. The van der Waals surface area contributed by atoms with Crippen molar-refractivity contribution in [3.8, 4) is 22.8 Å². The van der Waals surface area contributed by atoms with Crippen LogP contribution in [0.4, 0.5) is 4.39 Å². The molecule has 5 rings (SSSR count). The normalized spacial score (nSPS) is 12.8. The zero-order valence-electron chi connectivity index (χ0n) is 23.7. The Labute approximate surface area is 233 Å². The lowest BCUT2D eigenvalue weighted by Crippen LogP contribution is -2.21. The van der Waals surface area contributed by atoms with Gasteiger partial charge >= 0.3 is 0 Å². The number of allylic oxidation sites excluding steroid dienone is 2. The summed E-state index contributed by atoms with van der Waals surface area (Å²) in [6.45, 7) is 9.38. The van der Waals surface area contributed by atoms with E-state index < -0.39 is 0 Å². The van der Waals surface area contributed by atoms with Crippen LogP contribution in [0, 0.1) is 5.82 Å². The summed E-state index contributed by atoms with van der Waals surface area (Å²) < 4.78 is 16.4. The number of pyridine rings is 1. The minimum absolute atomic E-state index is 0.278. The van der Waals surface area contributed by atoms with Crippen LogP contribution < -0.4 is 10.6 Å². The topological polar surface area (TPSA) is 91.3 Å². The Morgan fingerprint density at radius 2 is 2.02 bits per heavy atom. The summed E-state index contributed by atoms with van der Waals surface area (Å²) in [5.41, 5.74) is 7.66. The summed E-state index contributed by atoms with van der Waals surface area (Å²) in [5, 5.41) is 13.6. The molecule has 4 heterocycles. The minimum Gasteiger partial charge on any atom is -0.336 e. The number of H-pyrrole nitrogens is 2. The standard InChI is InChI=1S/C31H35FN8/c1-7-25-24(18-40(6)38-25)19(2)10-11-26-20(3)28(37-36-26)31-34-27-12-13-33-29(30(27)35-31)22-15-21(16-23(32)17-22)9-8-14-39(4)5/h10-13,15-18,36H,3,7-9,14H2,1-2,4-6H3,(H,34,35)/b19-10+,26-11+. The Kier molecular flexibility index (Phi) is 7.75. The number of fused-ring (bicyclic) bond motifs is 1. The molecule has 0 amide bonds. The second kappa shape index (κ2) is 11.4. The van der Waals surface area contributed by atoms with Crippen molar-refractivity contribution in [2.24, 2.45) is 7.05 Å². The largest absolute Gasteiger partial charge is 0.336 e. The number of rotatable bonds is 9. The van der Waals surface area contributed by atoms with Crippen LogP contribution in [0.25, 0.3) is 52.0 Å². The highest BCUT2D eigenvalue weighted by atomic mass is 19.1. The highest BCUT2D eigenvalue weighted by Gasteiger charge is 2.15. The summed E-state index contributed by atoms with van der Waals surface area (Å²) in [5.74, 6) is 0.300. The van der Waals surface area contributed by atoms with Crippen LogP contribution >= 0.6 is 0 Å². The van der Waals surface area contributed by atoms with Crippen molar-refractivity contribution < 1.29 is 4.39 Å². The first kappa shape index (κ1) is 27.2. The number of imidazole rings is 1. The zero-order chi connectivity index (χ0) is 28.4. The van der Waals surface area contributed by atoms with Gasteiger partial charge in [0.1, 0.15) is 17.0 Å². The molecule has 40 heavy (non-hydrogen) atoms. The number of benzene rings is 1. The van der Waals surface area contributed by atoms with Gasteiger partial charge in [-0.25, -0.2) is 9.37 Å². The van der Waals surface area contributed by atoms with Gasteiger partial charge in [0.15, 0.2) is 5.82 Å². The summed E-state index contributed by atoms with van der Waals surface area (Å²) in [7, 11) is 6.01. The van der Waals surface area contributed by atoms with E-state index in [0.29, 0.717) is 28.3 Å². The molecular weight excluding hydrogens is 503 g/mol. The van der Waals surface area contributed by atoms with Crippen LogP contribution in [0.1, 0.15) is 37.1 Å². The van der Waals surface area contributed by atoms with E-state index in [1.165, 1.54) is 6.07 Å². The lowest BCUT2D eigenvalue weighted by molar-refractivity contribution is 0.400. The van der Waals surface area contributed by atoms with E-state index in [1.807, 2.05) is 56.3 Å². The Hall–Kier alpha value is -4.37. The molecule has 0 spiro atoms. The van der Waals surface area contributed by atoms with Crippen LogP contribution in [-0.2, 0) is 19.9 Å². The molecule has 8 nitrogen and oxygen atoms in total. The van der Waals surface area contributed by atoms with Gasteiger partial charge in [-0.15, -0.1) is 0 Å². The van der Waals surface area contributed by atoms with E-state index in [4.69, 9.17) is 4.98 Å². The molecule has 9 heteroatoms. The monoisotopic (exact) mass is 538 g/mol. The average Bonchev–Trinajstić information content (AvgIpc) is 3.62. The van der Waals surface area contributed by atoms with E-state index in [2.05, 4.69) is 50.6 Å². The highest BCUT2D eigenvalue weighted by molar-refractivity contribution is 5.91. The van der Waals surface area contributed by atoms with Crippen molar-refractivity contribution in [1.29, 1.82) is 0 Å². The van der Waals surface area contributed by atoms with Gasteiger partial charge in [0.05, 0.1) is 22.3 Å². The quantitative estimate of drug-likeness (QED) is 0.293. The van der Waals surface area contributed by atoms with Gasteiger partial charge in [-0.05, 0) is 88.3 Å². The first-order chi connectivity index (χ1) is 19.2. The number of aromatic nitrogens is 7. The van der Waals surface area contributed by atoms with Gasteiger partial charge in [-0.3, -0.25) is 14.8 Å². The Bertz CT molecular complexity index is 1800. The van der Waals surface area contributed by atoms with Gasteiger partial charge in [-0.1, -0.05) is 19.6 Å². The van der Waals surface area contributed by atoms with Crippen molar-refractivity contribution in [1.82, 2.24) is 39.8 Å². The van der Waals surface area contributed by atoms with Crippen molar-refractivity contribution in [3.63, 3.8) is 0 Å². The van der Waals surface area contributed by atoms with Crippen LogP contribution in [0.3, 0.4) is 0 Å². The molecule has 0 atom stereocenters. The molecule has 0 saturated carbocycles. The molecule has 4 aromatic heterocycles. The van der Waals surface area contributed by atoms with Crippen LogP contribution in [0.15, 0.2) is 42.7 Å². The zero-order valence-corrected chi connectivity index (χ0v) is 23.7. The Morgan fingerprint density at radius 1 is 1.20 bits per heavy atom. The number of aryl methyl sites for hydroxylation is 3. The molecule has 0 fully saturated rings. The first-order valence-electron chi connectivity index (χ1n) is 13.5. The molecule has 0 radical (unpaired) electrons. The van der Waals surface area contributed by atoms with Gasteiger partial charge in [0.25, 0.3) is 0 Å². The molecule has 0 aliphatic rings. The Balaban J connectivity index is 1.48. The molecule has 0 aliphatic heterocycles. The lowest BCUT2D eigenvalue weighted by atomic mass is 10.0. The van der Waals surface area contributed by atoms with Gasteiger partial charge in [0.2, 0.25) is 0 Å². The smallest absolute Gasteiger partial charge is 0.159 e. The molecule has 0 bridgehead atoms. The second-order valence-corrected chi connectivity index (χ2v) is 10.4. The summed E-state index contributed by atoms with van der Waals surface area (Å²) >= 11 is 0. The maximum absolute atomic E-state index is 14.6. The van der Waals surface area contributed by atoms with E-state index in [-0.39, 0.29) is 5.82 Å². The number of hydrogen-bond acceptors (Lipinski definition) is 5. The number of halogens is 1. The first-order valence-corrected chi connectivity index (χ1v) is 13.5. The molecule has 1 aromatic carbocycles. The fourth-order valence-electron chi connectivity index (χ4n) is 4.93. The predicted octanol–water partition coefficient (Wildman–Crippen LogP) is 4.24. The summed E-state index contributed by atoms with van der Waals surface area (Å²) in [4.78, 5) is 14.9. The van der Waals surface area contributed by atoms with Gasteiger partial charge in [-0.2, -0.15) is 10.2 Å². The lowest BCUT2D eigenvalue weighted by Gasteiger charge is -2.10. The molecule has 5 aromatic rings. The molecular formula is C31H35FN8. The Morgan fingerprint density at radius 3 is 2.80 bits per heavy atom. The molecule has 2 N–H and O–H groups in total. The SMILES string of the molecule is C=c1c(-c2nc3c(-c4cc(F)cc(CCCN(C)C)c4)nccc3[nH]2)n[nH]/c1=C/C=C(\C)c1cn(C)nc1CC. The highest BCUT2D eigenvalue weighted by Crippen LogP contribution is 2.28. The van der Waals surface area contributed by atoms with Crippen molar-refractivity contribution in [2.45, 2.75) is 33.1 Å². The van der Waals surface area contributed by atoms with Crippen LogP contribution in [-0.4, -0.2) is 60.5 Å². The molecule has 0 saturated heterocycles. The fraction of sp³-hybridized carbons (Fsp3) is 0.290. The minimum atomic E-state index is -0.278. The van der Waals surface area contributed by atoms with Crippen LogP contribution in [0.2, 0.25) is 0 Å². The van der Waals surface area contributed by atoms with Crippen molar-refractivity contribution in [2.75, 3.05) is 20.6 Å². The van der Waals surface area contributed by atoms with Gasteiger partial charge < -0.3 is 9.88 Å². The second-order valence-electron chi connectivity index (χ2n) is 10.4. The summed E-state index contributed by atoms with van der Waals surface area (Å²) in [6, 6.07) is 6.98. The van der Waals surface area contributed by atoms with E-state index in [9.17, 15) is 4.39 Å². The third-order valence-electron chi connectivity index (χ3n) is 6.99. The van der Waals surface area contributed by atoms with Crippen molar-refractivity contribution >= 4 is 29.3 Å². The fourth-order valence-corrected chi connectivity index (χ4v) is 4.93. The van der Waals surface area contributed by atoms with E-state index >= 15 is 0 Å². The van der Waals surface area contributed by atoms with E-state index in [0.717, 1.165) is 64.3 Å². The predicted molar refractivity (Wildman–Crippen MR) is 159 cm³/mol. The van der Waals surface area contributed by atoms with Crippen LogP contribution in [0.5, 0.6) is 0 Å². The average molecular weight is 539 g/mol. The van der Waals surface area contributed by atoms with Crippen molar-refractivity contribution in [3.05, 3.63) is 75.9 Å². The molecule has 0 unspecified atom stereocenters.